The van der Waals surface area contributed by atoms with E-state index in [-0.39, 0.29) is 11.8 Å². The molecule has 1 heterocycles. The Kier molecular flexibility index (Phi) is 4.79. The molecule has 3 aromatic rings. The maximum absolute atomic E-state index is 12.4. The number of carbonyl (C=O) groups excluding carboxylic acids is 2. The molecule has 132 valence electrons. The molecule has 2 aromatic carbocycles. The second-order valence-corrected chi connectivity index (χ2v) is 5.80. The van der Waals surface area contributed by atoms with Gasteiger partial charge in [0.1, 0.15) is 0 Å². The smallest absolute Gasteiger partial charge is 0.257 e. The fourth-order valence-corrected chi connectivity index (χ4v) is 2.33. The number of hydrogen-bond donors (Lipinski definition) is 1. The topological polar surface area (TPSA) is 88.3 Å². The second kappa shape index (κ2) is 7.18. The maximum atomic E-state index is 12.4. The van der Waals surface area contributed by atoms with Crippen molar-refractivity contribution in [3.63, 3.8) is 0 Å². The molecule has 0 spiro atoms. The predicted molar refractivity (Wildman–Crippen MR) is 98.0 cm³/mol. The minimum atomic E-state index is -0.231. The zero-order chi connectivity index (χ0) is 18.7. The zero-order valence-electron chi connectivity index (χ0n) is 14.7. The highest BCUT2D eigenvalue weighted by Crippen LogP contribution is 2.20. The lowest BCUT2D eigenvalue weighted by Gasteiger charge is -2.15. The van der Waals surface area contributed by atoms with Crippen molar-refractivity contribution in [2.24, 2.45) is 0 Å². The summed E-state index contributed by atoms with van der Waals surface area (Å²) in [6, 6.07) is 14.0. The summed E-state index contributed by atoms with van der Waals surface area (Å²) < 4.78 is 5.10. The van der Waals surface area contributed by atoms with Crippen LogP contribution in [0.5, 0.6) is 0 Å². The Hall–Kier alpha value is -3.48. The number of amides is 2. The molecule has 1 aromatic heterocycles. The van der Waals surface area contributed by atoms with Gasteiger partial charge in [0.25, 0.3) is 11.8 Å². The Morgan fingerprint density at radius 2 is 1.69 bits per heavy atom. The minimum absolute atomic E-state index is 0.0571. The van der Waals surface area contributed by atoms with E-state index < -0.39 is 0 Å². The van der Waals surface area contributed by atoms with Crippen molar-refractivity contribution in [2.75, 3.05) is 17.3 Å². The van der Waals surface area contributed by atoms with E-state index in [0.717, 1.165) is 11.3 Å². The third kappa shape index (κ3) is 3.77. The summed E-state index contributed by atoms with van der Waals surface area (Å²) in [5, 5.41) is 6.57. The van der Waals surface area contributed by atoms with Gasteiger partial charge in [-0.1, -0.05) is 5.16 Å². The largest absolute Gasteiger partial charge is 0.334 e. The van der Waals surface area contributed by atoms with Crippen molar-refractivity contribution in [3.8, 4) is 11.5 Å². The minimum Gasteiger partial charge on any atom is -0.334 e. The number of benzene rings is 2. The number of aryl methyl sites for hydroxylation is 1. The molecule has 0 aliphatic rings. The van der Waals surface area contributed by atoms with Crippen molar-refractivity contribution in [3.05, 3.63) is 59.9 Å². The summed E-state index contributed by atoms with van der Waals surface area (Å²) >= 11 is 0. The first-order chi connectivity index (χ1) is 12.4. The van der Waals surface area contributed by atoms with Crippen LogP contribution in [-0.4, -0.2) is 29.0 Å². The molecule has 3 rings (SSSR count). The van der Waals surface area contributed by atoms with Gasteiger partial charge in [0.2, 0.25) is 5.91 Å². The highest BCUT2D eigenvalue weighted by atomic mass is 16.5. The van der Waals surface area contributed by atoms with Crippen molar-refractivity contribution in [1.29, 1.82) is 0 Å². The molecule has 0 fully saturated rings. The van der Waals surface area contributed by atoms with Gasteiger partial charge in [0, 0.05) is 36.5 Å². The molecule has 2 amide bonds. The van der Waals surface area contributed by atoms with E-state index >= 15 is 0 Å². The van der Waals surface area contributed by atoms with E-state index in [1.165, 1.54) is 11.8 Å². The summed E-state index contributed by atoms with van der Waals surface area (Å²) in [6.07, 6.45) is 0. The van der Waals surface area contributed by atoms with Crippen molar-refractivity contribution < 1.29 is 14.1 Å². The Balaban J connectivity index is 1.69. The summed E-state index contributed by atoms with van der Waals surface area (Å²) in [4.78, 5) is 29.4. The van der Waals surface area contributed by atoms with Crippen molar-refractivity contribution in [2.45, 2.75) is 13.8 Å². The standard InChI is InChI=1S/C19H18N4O3/c1-12-20-19(26-22-12)15-6-4-14(5-7-15)18(25)21-16-8-10-17(11-9-16)23(3)13(2)24/h4-11H,1-3H3,(H,21,25). The number of aromatic nitrogens is 2. The number of rotatable bonds is 4. The molecule has 0 unspecified atom stereocenters. The van der Waals surface area contributed by atoms with Gasteiger partial charge in [-0.15, -0.1) is 0 Å². The van der Waals surface area contributed by atoms with E-state index in [4.69, 9.17) is 4.52 Å². The summed E-state index contributed by atoms with van der Waals surface area (Å²) in [5.41, 5.74) is 2.66. The van der Waals surface area contributed by atoms with Crippen molar-refractivity contribution >= 4 is 23.2 Å². The van der Waals surface area contributed by atoms with Crippen LogP contribution in [0, 0.1) is 6.92 Å². The van der Waals surface area contributed by atoms with Gasteiger partial charge >= 0.3 is 0 Å². The SMILES string of the molecule is CC(=O)N(C)c1ccc(NC(=O)c2ccc(-c3nc(C)no3)cc2)cc1. The van der Waals surface area contributed by atoms with Crippen LogP contribution in [0.2, 0.25) is 0 Å². The van der Waals surface area contributed by atoms with Gasteiger partial charge in [-0.25, -0.2) is 0 Å². The zero-order valence-corrected chi connectivity index (χ0v) is 14.7. The number of nitrogens with zero attached hydrogens (tertiary/aromatic N) is 3. The molecule has 26 heavy (non-hydrogen) atoms. The van der Waals surface area contributed by atoms with E-state index in [9.17, 15) is 9.59 Å². The molecular weight excluding hydrogens is 332 g/mol. The lowest BCUT2D eigenvalue weighted by Crippen LogP contribution is -2.22. The average molecular weight is 350 g/mol. The number of carbonyl (C=O) groups is 2. The molecule has 0 saturated heterocycles. The molecule has 0 bridgehead atoms. The maximum Gasteiger partial charge on any atom is 0.257 e. The molecule has 1 N–H and O–H groups in total. The third-order valence-electron chi connectivity index (χ3n) is 3.91. The number of nitrogens with one attached hydrogen (secondary N) is 1. The molecule has 0 aliphatic carbocycles. The molecule has 0 aliphatic heterocycles. The van der Waals surface area contributed by atoms with Gasteiger partial charge < -0.3 is 14.7 Å². The molecule has 0 atom stereocenters. The molecule has 0 saturated carbocycles. The molecular formula is C19H18N4O3. The monoisotopic (exact) mass is 350 g/mol. The summed E-state index contributed by atoms with van der Waals surface area (Å²) in [7, 11) is 1.70. The fourth-order valence-electron chi connectivity index (χ4n) is 2.33. The lowest BCUT2D eigenvalue weighted by atomic mass is 10.1. The van der Waals surface area contributed by atoms with Crippen LogP contribution < -0.4 is 10.2 Å². The Morgan fingerprint density at radius 3 is 2.23 bits per heavy atom. The van der Waals surface area contributed by atoms with Gasteiger partial charge in [-0.3, -0.25) is 9.59 Å². The number of hydrogen-bond acceptors (Lipinski definition) is 5. The molecule has 7 heteroatoms. The van der Waals surface area contributed by atoms with E-state index in [1.807, 2.05) is 0 Å². The summed E-state index contributed by atoms with van der Waals surface area (Å²) in [6.45, 7) is 3.24. The molecule has 0 radical (unpaired) electrons. The van der Waals surface area contributed by atoms with E-state index in [0.29, 0.717) is 23.0 Å². The second-order valence-electron chi connectivity index (χ2n) is 5.80. The van der Waals surface area contributed by atoms with Crippen LogP contribution in [-0.2, 0) is 4.79 Å². The van der Waals surface area contributed by atoms with Crippen LogP contribution in [0.25, 0.3) is 11.5 Å². The van der Waals surface area contributed by atoms with Gasteiger partial charge in [-0.2, -0.15) is 4.98 Å². The highest BCUT2D eigenvalue weighted by Gasteiger charge is 2.10. The first-order valence-electron chi connectivity index (χ1n) is 8.00. The van der Waals surface area contributed by atoms with Crippen LogP contribution in [0.4, 0.5) is 11.4 Å². The van der Waals surface area contributed by atoms with Crippen LogP contribution in [0.15, 0.2) is 53.1 Å². The normalized spacial score (nSPS) is 10.4. The first kappa shape index (κ1) is 17.3. The average Bonchev–Trinajstić information content (AvgIpc) is 3.08. The van der Waals surface area contributed by atoms with Crippen molar-refractivity contribution in [1.82, 2.24) is 10.1 Å². The Labute approximate surface area is 150 Å². The summed E-state index contributed by atoms with van der Waals surface area (Å²) in [5.74, 6) is 0.685. The highest BCUT2D eigenvalue weighted by molar-refractivity contribution is 6.04. The molecule has 7 nitrogen and oxygen atoms in total. The van der Waals surface area contributed by atoms with Crippen LogP contribution in [0.1, 0.15) is 23.1 Å². The van der Waals surface area contributed by atoms with Gasteiger partial charge in [0.15, 0.2) is 5.82 Å². The van der Waals surface area contributed by atoms with Gasteiger partial charge in [0.05, 0.1) is 0 Å². The van der Waals surface area contributed by atoms with E-state index in [1.54, 1.807) is 62.5 Å². The quantitative estimate of drug-likeness (QED) is 0.780. The Bertz CT molecular complexity index is 930. The first-order valence-corrected chi connectivity index (χ1v) is 8.00. The third-order valence-corrected chi connectivity index (χ3v) is 3.91. The van der Waals surface area contributed by atoms with Crippen LogP contribution >= 0.6 is 0 Å². The van der Waals surface area contributed by atoms with E-state index in [2.05, 4.69) is 15.5 Å². The Morgan fingerprint density at radius 1 is 1.04 bits per heavy atom. The lowest BCUT2D eigenvalue weighted by molar-refractivity contribution is -0.116. The van der Waals surface area contributed by atoms with Gasteiger partial charge in [-0.05, 0) is 55.5 Å². The van der Waals surface area contributed by atoms with Crippen LogP contribution in [0.3, 0.4) is 0 Å². The fraction of sp³-hybridized carbons (Fsp3) is 0.158. The predicted octanol–water partition coefficient (Wildman–Crippen LogP) is 3.28. The number of anilines is 2.